The van der Waals surface area contributed by atoms with Gasteiger partial charge >= 0.3 is 6.03 Å². The van der Waals surface area contributed by atoms with Gasteiger partial charge in [-0.15, -0.1) is 4.36 Å². The lowest BCUT2D eigenvalue weighted by atomic mass is 9.68. The van der Waals surface area contributed by atoms with E-state index < -0.39 is 21.9 Å². The van der Waals surface area contributed by atoms with Crippen molar-refractivity contribution in [2.45, 2.75) is 63.0 Å². The average Bonchev–Trinajstić information content (AvgIpc) is 3.56. The number of allylic oxidation sites excluding steroid dienone is 1. The molecule has 1 spiro atoms. The first kappa shape index (κ1) is 35.2. The number of anilines is 1. The van der Waals surface area contributed by atoms with E-state index >= 15 is 0 Å². The summed E-state index contributed by atoms with van der Waals surface area (Å²) in [6, 6.07) is 11.2. The number of likely N-dealkylation sites (tertiary alicyclic amines) is 1. The molecule has 5 aliphatic rings. The molecule has 3 aromatic rings. The largest absolute Gasteiger partial charge is 0.490 e. The summed E-state index contributed by atoms with van der Waals surface area (Å²) in [5.74, 6) is 0.728. The van der Waals surface area contributed by atoms with Gasteiger partial charge in [0.1, 0.15) is 15.7 Å². The zero-order valence-electron chi connectivity index (χ0n) is 29.8. The van der Waals surface area contributed by atoms with E-state index in [1.807, 2.05) is 35.9 Å². The van der Waals surface area contributed by atoms with Crippen molar-refractivity contribution in [1.29, 1.82) is 0 Å². The zero-order valence-corrected chi connectivity index (χ0v) is 31.4. The fraction of sp³-hybridized carbons (Fsp3) is 0.513. The van der Waals surface area contributed by atoms with Crippen LogP contribution in [0.25, 0.3) is 0 Å². The molecular formula is C39H47ClN6O5S. The standard InChI is InChI=1S/C39H47ClN6O5S/c1-26-5-3-7-35(50-2)32-11-8-29(32)19-46-23-39(14-4-6-27-17-30(40)10-12-33(27)39)24-51-36-13-9-28(18-34(36)46)37(47)42-52(49,22-26)43-38(48)45-20-31(21-45)44-16-15-41-25-44/h3,7,9-10,12-13,15-18,25-26,29,31-32,35H,4-6,8,11,14,19-24H2,1-2H3,(H,42,43,47,48,49)/b7-3-/t26-,29-,32+,35-,39-,52?/m0/s1. The van der Waals surface area contributed by atoms with Crippen LogP contribution in [0.5, 0.6) is 5.75 Å². The van der Waals surface area contributed by atoms with Crippen LogP contribution < -0.4 is 14.4 Å². The average molecular weight is 747 g/mol. The lowest BCUT2D eigenvalue weighted by Crippen LogP contribution is -2.55. The quantitative estimate of drug-likeness (QED) is 0.307. The Morgan fingerprint density at radius 1 is 1.15 bits per heavy atom. The van der Waals surface area contributed by atoms with Gasteiger partial charge in [0.05, 0.1) is 36.5 Å². The minimum Gasteiger partial charge on any atom is -0.490 e. The SMILES string of the molecule is CO[C@H]1/C=C\C[C@H](C)CS(=O)(NC(=O)N2CC(n3ccnc3)C2)=NC(=O)c2ccc3c(c2)N(C[C@@H]2CC[C@H]21)C[C@@]1(CCCc2cc(Cl)ccc21)CO3. The maximum atomic E-state index is 14.6. The van der Waals surface area contributed by atoms with Crippen LogP contribution in [0.1, 0.15) is 66.6 Å². The molecule has 52 heavy (non-hydrogen) atoms. The third-order valence-corrected chi connectivity index (χ3v) is 14.1. The zero-order chi connectivity index (χ0) is 36.0. The fourth-order valence-corrected chi connectivity index (χ4v) is 10.9. The monoisotopic (exact) mass is 746 g/mol. The van der Waals surface area contributed by atoms with Gasteiger partial charge in [-0.05, 0) is 97.7 Å². The predicted molar refractivity (Wildman–Crippen MR) is 201 cm³/mol. The summed E-state index contributed by atoms with van der Waals surface area (Å²) in [6.07, 6.45) is 15.2. The van der Waals surface area contributed by atoms with E-state index in [1.54, 1.807) is 30.6 Å². The van der Waals surface area contributed by atoms with Crippen molar-refractivity contribution in [3.05, 3.63) is 89.0 Å². The summed E-state index contributed by atoms with van der Waals surface area (Å²) >= 11 is 6.46. The number of halogens is 1. The van der Waals surface area contributed by atoms with Crippen LogP contribution in [0.4, 0.5) is 10.5 Å². The molecule has 8 rings (SSSR count). The number of nitrogens with one attached hydrogen (secondary N) is 1. The number of aromatic nitrogens is 2. The molecule has 11 nitrogen and oxygen atoms in total. The Hall–Kier alpha value is -3.87. The molecule has 1 aromatic heterocycles. The number of ether oxygens (including phenoxy) is 2. The van der Waals surface area contributed by atoms with Crippen molar-refractivity contribution in [2.75, 3.05) is 50.5 Å². The van der Waals surface area contributed by atoms with Gasteiger partial charge in [-0.3, -0.25) is 9.52 Å². The van der Waals surface area contributed by atoms with E-state index in [4.69, 9.17) is 21.1 Å². The molecule has 276 valence electrons. The smallest absolute Gasteiger partial charge is 0.329 e. The lowest BCUT2D eigenvalue weighted by Gasteiger charge is -2.46. The number of fused-ring (bicyclic) bond motifs is 4. The number of carbonyl (C=O) groups excluding carboxylic acids is 2. The van der Waals surface area contributed by atoms with Crippen molar-refractivity contribution >= 4 is 39.1 Å². The van der Waals surface area contributed by atoms with Gasteiger partial charge in [-0.1, -0.05) is 36.7 Å². The number of rotatable bonds is 3. The van der Waals surface area contributed by atoms with Gasteiger partial charge in [-0.25, -0.2) is 14.0 Å². The number of urea groups is 1. The molecule has 4 heterocycles. The highest BCUT2D eigenvalue weighted by Gasteiger charge is 2.44. The molecule has 6 atom stereocenters. The number of imidazole rings is 1. The van der Waals surface area contributed by atoms with Crippen molar-refractivity contribution in [3.8, 4) is 5.75 Å². The molecule has 3 amide bonds. The molecule has 2 fully saturated rings. The van der Waals surface area contributed by atoms with Gasteiger partial charge in [0.25, 0.3) is 5.91 Å². The van der Waals surface area contributed by atoms with E-state index in [9.17, 15) is 13.8 Å². The third kappa shape index (κ3) is 6.85. The van der Waals surface area contributed by atoms with Gasteiger partial charge < -0.3 is 23.8 Å². The molecule has 0 radical (unpaired) electrons. The van der Waals surface area contributed by atoms with Crippen molar-refractivity contribution < 1.29 is 23.3 Å². The van der Waals surface area contributed by atoms with Crippen LogP contribution in [-0.2, 0) is 26.5 Å². The first-order chi connectivity index (χ1) is 25.1. The first-order valence-corrected chi connectivity index (χ1v) is 20.5. The van der Waals surface area contributed by atoms with Crippen molar-refractivity contribution in [2.24, 2.45) is 22.1 Å². The van der Waals surface area contributed by atoms with Gasteiger partial charge in [-0.2, -0.15) is 0 Å². The number of aryl methyl sites for hydroxylation is 1. The lowest BCUT2D eigenvalue weighted by molar-refractivity contribution is 0.0131. The maximum Gasteiger partial charge on any atom is 0.329 e. The Balaban J connectivity index is 1.15. The molecule has 1 saturated carbocycles. The molecule has 13 heteroatoms. The van der Waals surface area contributed by atoms with Crippen molar-refractivity contribution in [3.63, 3.8) is 0 Å². The van der Waals surface area contributed by atoms with E-state index in [1.165, 1.54) is 11.1 Å². The molecule has 2 aromatic carbocycles. The van der Waals surface area contributed by atoms with E-state index in [0.717, 1.165) is 55.9 Å². The first-order valence-electron chi connectivity index (χ1n) is 18.5. The maximum absolute atomic E-state index is 14.6. The number of methoxy groups -OCH3 is 1. The van der Waals surface area contributed by atoms with Gasteiger partial charge in [0, 0.05) is 61.7 Å². The normalized spacial score (nSPS) is 31.2. The molecule has 2 aliphatic carbocycles. The van der Waals surface area contributed by atoms with E-state index in [-0.39, 0.29) is 29.2 Å². The second kappa shape index (κ2) is 14.2. The Kier molecular flexibility index (Phi) is 9.59. The molecule has 3 aliphatic heterocycles. The Morgan fingerprint density at radius 2 is 2.02 bits per heavy atom. The minimum absolute atomic E-state index is 0.0312. The van der Waals surface area contributed by atoms with E-state index in [2.05, 4.69) is 43.3 Å². The summed E-state index contributed by atoms with van der Waals surface area (Å²) < 4.78 is 36.3. The summed E-state index contributed by atoms with van der Waals surface area (Å²) in [4.78, 5) is 35.5. The van der Waals surface area contributed by atoms with Gasteiger partial charge in [0.2, 0.25) is 0 Å². The molecule has 1 saturated heterocycles. The molecule has 1 unspecified atom stereocenters. The molecular weight excluding hydrogens is 700 g/mol. The fourth-order valence-electron chi connectivity index (χ4n) is 8.86. The highest BCUT2D eigenvalue weighted by atomic mass is 35.5. The Morgan fingerprint density at radius 3 is 2.79 bits per heavy atom. The molecule has 2 bridgehead atoms. The third-order valence-electron chi connectivity index (χ3n) is 11.9. The summed E-state index contributed by atoms with van der Waals surface area (Å²) in [7, 11) is -1.72. The van der Waals surface area contributed by atoms with Crippen LogP contribution in [0.2, 0.25) is 5.02 Å². The minimum atomic E-state index is -3.49. The number of benzene rings is 2. The van der Waals surface area contributed by atoms with Gasteiger partial charge in [0.15, 0.2) is 0 Å². The second-order valence-electron chi connectivity index (χ2n) is 15.4. The number of hydrogen-bond acceptors (Lipinski definition) is 7. The van der Waals surface area contributed by atoms with Crippen LogP contribution in [-0.4, -0.2) is 82.4 Å². The summed E-state index contributed by atoms with van der Waals surface area (Å²) in [5.41, 5.74) is 3.43. The number of carbonyl (C=O) groups is 2. The summed E-state index contributed by atoms with van der Waals surface area (Å²) in [6.45, 7) is 4.88. The van der Waals surface area contributed by atoms with Crippen molar-refractivity contribution in [1.82, 2.24) is 19.2 Å². The topological polar surface area (TPSA) is 118 Å². The number of nitrogens with zero attached hydrogens (tertiary/aromatic N) is 5. The van der Waals surface area contributed by atoms with Crippen LogP contribution >= 0.6 is 11.6 Å². The predicted octanol–water partition coefficient (Wildman–Crippen LogP) is 6.44. The Bertz CT molecular complexity index is 1990. The van der Waals surface area contributed by atoms with Crippen LogP contribution in [0, 0.1) is 17.8 Å². The highest BCUT2D eigenvalue weighted by molar-refractivity contribution is 7.92. The highest BCUT2D eigenvalue weighted by Crippen LogP contribution is 2.47. The number of amides is 3. The summed E-state index contributed by atoms with van der Waals surface area (Å²) in [5, 5.41) is 0.743. The molecule has 1 N–H and O–H groups in total. The number of hydrogen-bond donors (Lipinski definition) is 1. The Labute approximate surface area is 311 Å². The van der Waals surface area contributed by atoms with Crippen LogP contribution in [0.15, 0.2) is 71.6 Å². The second-order valence-corrected chi connectivity index (χ2v) is 17.9. The van der Waals surface area contributed by atoms with Crippen LogP contribution in [0.3, 0.4) is 0 Å². The van der Waals surface area contributed by atoms with E-state index in [0.29, 0.717) is 49.3 Å².